The summed E-state index contributed by atoms with van der Waals surface area (Å²) < 4.78 is 24.3. The summed E-state index contributed by atoms with van der Waals surface area (Å²) in [6.45, 7) is 4.58. The van der Waals surface area contributed by atoms with Gasteiger partial charge in [0, 0.05) is 17.2 Å². The number of anilines is 1. The molecule has 0 atom stereocenters. The van der Waals surface area contributed by atoms with Crippen LogP contribution in [-0.4, -0.2) is 30.1 Å². The van der Waals surface area contributed by atoms with E-state index in [4.69, 9.17) is 4.52 Å². The van der Waals surface area contributed by atoms with Crippen molar-refractivity contribution in [2.45, 2.75) is 27.2 Å². The van der Waals surface area contributed by atoms with E-state index in [0.717, 1.165) is 11.0 Å². The predicted molar refractivity (Wildman–Crippen MR) is 85.3 cm³/mol. The highest BCUT2D eigenvalue weighted by molar-refractivity contribution is 6.33. The number of carbonyl (C=O) groups is 3. The van der Waals surface area contributed by atoms with Gasteiger partial charge in [-0.15, -0.1) is 0 Å². The third-order valence-electron chi connectivity index (χ3n) is 4.38. The number of carbonyl (C=O) groups excluding carboxylic acids is 3. The lowest BCUT2D eigenvalue weighted by Crippen LogP contribution is -2.32. The van der Waals surface area contributed by atoms with E-state index >= 15 is 0 Å². The molecule has 1 aromatic heterocycles. The normalized spacial score (nSPS) is 14.8. The van der Waals surface area contributed by atoms with Gasteiger partial charge in [0.25, 0.3) is 11.8 Å². The number of aryl methyl sites for hydroxylation is 1. The minimum atomic E-state index is -0.782. The lowest BCUT2D eigenvalue weighted by molar-refractivity contribution is -0.139. The van der Waals surface area contributed by atoms with Crippen molar-refractivity contribution in [2.24, 2.45) is 0 Å². The number of hydrogen-bond acceptors (Lipinski definition) is 6. The largest absolute Gasteiger partial charge is 0.469 e. The Hall–Kier alpha value is -3.03. The van der Waals surface area contributed by atoms with Gasteiger partial charge in [0.2, 0.25) is 0 Å². The lowest BCUT2D eigenvalue weighted by Gasteiger charge is -2.18. The zero-order chi connectivity index (χ0) is 18.5. The van der Waals surface area contributed by atoms with Crippen molar-refractivity contribution >= 4 is 34.4 Å². The maximum absolute atomic E-state index is 14.6. The van der Waals surface area contributed by atoms with Crippen molar-refractivity contribution in [2.75, 3.05) is 12.0 Å². The highest BCUT2D eigenvalue weighted by Gasteiger charge is 2.38. The Labute approximate surface area is 142 Å². The van der Waals surface area contributed by atoms with Gasteiger partial charge in [0.15, 0.2) is 11.4 Å². The second-order valence-electron chi connectivity index (χ2n) is 5.78. The zero-order valence-electron chi connectivity index (χ0n) is 14.1. The number of fused-ring (bicyclic) bond motifs is 1. The second kappa shape index (κ2) is 5.80. The van der Waals surface area contributed by atoms with Crippen molar-refractivity contribution in [3.8, 4) is 0 Å². The molecule has 8 heteroatoms. The number of benzene rings is 1. The van der Waals surface area contributed by atoms with E-state index in [0.29, 0.717) is 10.9 Å². The molecule has 2 heterocycles. The van der Waals surface area contributed by atoms with Gasteiger partial charge in [-0.1, -0.05) is 5.16 Å². The number of imide groups is 1. The summed E-state index contributed by atoms with van der Waals surface area (Å²) in [6, 6.07) is 1.05. The van der Waals surface area contributed by atoms with Crippen molar-refractivity contribution in [3.05, 3.63) is 34.3 Å². The first-order valence-electron chi connectivity index (χ1n) is 7.48. The fraction of sp³-hybridized carbons (Fsp3) is 0.294. The van der Waals surface area contributed by atoms with Gasteiger partial charge >= 0.3 is 5.97 Å². The molecule has 0 saturated carbocycles. The maximum Gasteiger partial charge on any atom is 0.311 e. The number of ether oxygens (including phenoxy) is 1. The van der Waals surface area contributed by atoms with Crippen LogP contribution in [0.4, 0.5) is 10.1 Å². The fourth-order valence-electron chi connectivity index (χ4n) is 2.87. The first kappa shape index (κ1) is 16.8. The SMILES string of the molecule is COC(=O)Cc1noc2cc(F)c(N3C(=O)C(C)=C(C)C3=O)c(C)c12. The van der Waals surface area contributed by atoms with Gasteiger partial charge in [-0.3, -0.25) is 14.4 Å². The molecule has 25 heavy (non-hydrogen) atoms. The number of methoxy groups -OCH3 is 1. The van der Waals surface area contributed by atoms with Crippen LogP contribution in [-0.2, 0) is 25.5 Å². The Balaban J connectivity index is 2.20. The third-order valence-corrected chi connectivity index (χ3v) is 4.38. The Bertz CT molecular complexity index is 949. The molecule has 7 nitrogen and oxygen atoms in total. The summed E-state index contributed by atoms with van der Waals surface area (Å²) in [7, 11) is 1.24. The standard InChI is InChI=1S/C17H15FN2O5/c1-7-8(2)17(23)20(16(7)22)15-9(3)14-11(6-13(21)24-4)19-25-12(14)5-10(15)18/h5H,6H2,1-4H3. The number of rotatable bonds is 3. The van der Waals surface area contributed by atoms with Gasteiger partial charge in [-0.25, -0.2) is 9.29 Å². The van der Waals surface area contributed by atoms with Crippen molar-refractivity contribution in [1.82, 2.24) is 5.16 Å². The average molecular weight is 346 g/mol. The summed E-state index contributed by atoms with van der Waals surface area (Å²) in [6.07, 6.45) is -0.173. The number of aromatic nitrogens is 1. The smallest absolute Gasteiger partial charge is 0.311 e. The maximum atomic E-state index is 14.6. The van der Waals surface area contributed by atoms with Crippen LogP contribution in [0.5, 0.6) is 0 Å². The van der Waals surface area contributed by atoms with Gasteiger partial charge in [0.1, 0.15) is 5.69 Å². The number of esters is 1. The topological polar surface area (TPSA) is 89.7 Å². The molecular formula is C17H15FN2O5. The molecular weight excluding hydrogens is 331 g/mol. The Morgan fingerprint density at radius 3 is 2.40 bits per heavy atom. The molecule has 1 aliphatic heterocycles. The molecule has 0 spiro atoms. The van der Waals surface area contributed by atoms with Crippen LogP contribution in [0.25, 0.3) is 11.0 Å². The van der Waals surface area contributed by atoms with Crippen LogP contribution in [0, 0.1) is 12.7 Å². The van der Waals surface area contributed by atoms with E-state index in [1.165, 1.54) is 21.0 Å². The second-order valence-corrected chi connectivity index (χ2v) is 5.78. The number of nitrogens with zero attached hydrogens (tertiary/aromatic N) is 2. The molecule has 1 aliphatic rings. The number of amides is 2. The molecule has 0 saturated heterocycles. The van der Waals surface area contributed by atoms with Gasteiger partial charge in [0.05, 0.1) is 24.6 Å². The van der Waals surface area contributed by atoms with E-state index in [1.54, 1.807) is 6.92 Å². The van der Waals surface area contributed by atoms with Crippen LogP contribution < -0.4 is 4.90 Å². The molecule has 0 fully saturated rings. The molecule has 2 amide bonds. The van der Waals surface area contributed by atoms with Crippen LogP contribution in [0.15, 0.2) is 21.7 Å². The first-order chi connectivity index (χ1) is 11.8. The molecule has 1 aromatic carbocycles. The van der Waals surface area contributed by atoms with E-state index in [-0.39, 0.29) is 34.5 Å². The third kappa shape index (κ3) is 2.41. The minimum Gasteiger partial charge on any atom is -0.469 e. The summed E-state index contributed by atoms with van der Waals surface area (Å²) in [5, 5.41) is 4.16. The predicted octanol–water partition coefficient (Wildman–Crippen LogP) is 2.20. The molecule has 0 radical (unpaired) electrons. The Kier molecular flexibility index (Phi) is 3.90. The molecule has 0 unspecified atom stereocenters. The minimum absolute atomic E-state index is 0.123. The molecule has 3 rings (SSSR count). The molecule has 0 N–H and O–H groups in total. The van der Waals surface area contributed by atoms with Gasteiger partial charge < -0.3 is 9.26 Å². The quantitative estimate of drug-likeness (QED) is 0.625. The molecule has 2 aromatic rings. The number of halogens is 1. The van der Waals surface area contributed by atoms with Crippen LogP contribution in [0.1, 0.15) is 25.1 Å². The highest BCUT2D eigenvalue weighted by Crippen LogP contribution is 2.37. The van der Waals surface area contributed by atoms with Crippen LogP contribution >= 0.6 is 0 Å². The molecule has 0 bridgehead atoms. The Morgan fingerprint density at radius 1 is 1.24 bits per heavy atom. The first-order valence-corrected chi connectivity index (χ1v) is 7.48. The summed E-state index contributed by atoms with van der Waals surface area (Å²) >= 11 is 0. The fourth-order valence-corrected chi connectivity index (χ4v) is 2.87. The van der Waals surface area contributed by atoms with Gasteiger partial charge in [-0.2, -0.15) is 0 Å². The van der Waals surface area contributed by atoms with E-state index in [1.807, 2.05) is 0 Å². The summed E-state index contributed by atoms with van der Waals surface area (Å²) in [5.41, 5.74) is 1.04. The Morgan fingerprint density at radius 2 is 1.84 bits per heavy atom. The van der Waals surface area contributed by atoms with Crippen molar-refractivity contribution in [1.29, 1.82) is 0 Å². The van der Waals surface area contributed by atoms with Gasteiger partial charge in [-0.05, 0) is 26.3 Å². The molecule has 0 aliphatic carbocycles. The average Bonchev–Trinajstić information content (AvgIpc) is 3.05. The van der Waals surface area contributed by atoms with E-state index in [2.05, 4.69) is 9.89 Å². The summed E-state index contributed by atoms with van der Waals surface area (Å²) in [4.78, 5) is 37.1. The van der Waals surface area contributed by atoms with Crippen LogP contribution in [0.2, 0.25) is 0 Å². The zero-order valence-corrected chi connectivity index (χ0v) is 14.1. The van der Waals surface area contributed by atoms with Crippen molar-refractivity contribution < 1.29 is 28.0 Å². The monoisotopic (exact) mass is 346 g/mol. The highest BCUT2D eigenvalue weighted by atomic mass is 19.1. The van der Waals surface area contributed by atoms with E-state index < -0.39 is 23.6 Å². The molecule has 130 valence electrons. The number of hydrogen-bond donors (Lipinski definition) is 0. The van der Waals surface area contributed by atoms with Crippen molar-refractivity contribution in [3.63, 3.8) is 0 Å². The lowest BCUT2D eigenvalue weighted by atomic mass is 10.0. The van der Waals surface area contributed by atoms with Crippen LogP contribution in [0.3, 0.4) is 0 Å². The summed E-state index contributed by atoms with van der Waals surface area (Å²) in [5.74, 6) is -2.47. The van der Waals surface area contributed by atoms with E-state index in [9.17, 15) is 18.8 Å².